The third-order valence-electron chi connectivity index (χ3n) is 3.73. The maximum Gasteiger partial charge on any atom is 0.231 e. The molecule has 0 aliphatic heterocycles. The molecule has 1 atom stereocenters. The van der Waals surface area contributed by atoms with E-state index in [0.717, 1.165) is 29.3 Å². The standard InChI is InChI=1S/C16H13BrN2OS/c17-11-5-4-10(9-18)14(8-11)19-16(20)13-2-1-3-15-12(13)6-7-21-15/h4-8,13H,1-3H2,(H,19,20). The van der Waals surface area contributed by atoms with Gasteiger partial charge in [-0.3, -0.25) is 4.79 Å². The predicted molar refractivity (Wildman–Crippen MR) is 87.5 cm³/mol. The quantitative estimate of drug-likeness (QED) is 0.860. The average Bonchev–Trinajstić information content (AvgIpc) is 2.95. The highest BCUT2D eigenvalue weighted by Gasteiger charge is 2.27. The molecule has 2 aromatic rings. The first-order valence-electron chi connectivity index (χ1n) is 6.76. The number of rotatable bonds is 2. The Morgan fingerprint density at radius 3 is 3.10 bits per heavy atom. The molecule has 106 valence electrons. The highest BCUT2D eigenvalue weighted by atomic mass is 79.9. The zero-order valence-corrected chi connectivity index (χ0v) is 13.6. The van der Waals surface area contributed by atoms with Gasteiger partial charge >= 0.3 is 0 Å². The van der Waals surface area contributed by atoms with Crippen LogP contribution in [0.1, 0.15) is 34.8 Å². The summed E-state index contributed by atoms with van der Waals surface area (Å²) in [5, 5.41) is 14.1. The minimum Gasteiger partial charge on any atom is -0.324 e. The maximum absolute atomic E-state index is 12.6. The van der Waals surface area contributed by atoms with Crippen LogP contribution in [0.3, 0.4) is 0 Å². The number of aryl methyl sites for hydroxylation is 1. The van der Waals surface area contributed by atoms with Gasteiger partial charge in [-0.25, -0.2) is 0 Å². The van der Waals surface area contributed by atoms with Gasteiger partial charge in [0.2, 0.25) is 5.91 Å². The Hall–Kier alpha value is -1.64. The minimum absolute atomic E-state index is 0.0241. The van der Waals surface area contributed by atoms with E-state index in [1.807, 2.05) is 0 Å². The summed E-state index contributed by atoms with van der Waals surface area (Å²) in [4.78, 5) is 13.9. The Labute approximate surface area is 135 Å². The van der Waals surface area contributed by atoms with Crippen molar-refractivity contribution >= 4 is 38.9 Å². The van der Waals surface area contributed by atoms with Gasteiger partial charge in [0, 0.05) is 9.35 Å². The molecule has 1 heterocycles. The van der Waals surface area contributed by atoms with Crippen LogP contribution in [0.5, 0.6) is 0 Å². The molecule has 1 aromatic carbocycles. The molecule has 0 spiro atoms. The molecule has 3 nitrogen and oxygen atoms in total. The Balaban J connectivity index is 1.86. The Morgan fingerprint density at radius 2 is 2.29 bits per heavy atom. The van der Waals surface area contributed by atoms with Crippen molar-refractivity contribution < 1.29 is 4.79 Å². The zero-order chi connectivity index (χ0) is 14.8. The summed E-state index contributed by atoms with van der Waals surface area (Å²) in [6.45, 7) is 0. The fourth-order valence-corrected chi connectivity index (χ4v) is 4.04. The van der Waals surface area contributed by atoms with Crippen LogP contribution in [-0.2, 0) is 11.2 Å². The largest absolute Gasteiger partial charge is 0.324 e. The second-order valence-corrected chi connectivity index (χ2v) is 6.95. The monoisotopic (exact) mass is 360 g/mol. The van der Waals surface area contributed by atoms with E-state index >= 15 is 0 Å². The molecule has 0 bridgehead atoms. The molecule has 0 saturated heterocycles. The van der Waals surface area contributed by atoms with E-state index in [4.69, 9.17) is 5.26 Å². The van der Waals surface area contributed by atoms with E-state index in [9.17, 15) is 4.79 Å². The van der Waals surface area contributed by atoms with Crippen molar-refractivity contribution in [1.29, 1.82) is 5.26 Å². The number of amides is 1. The van der Waals surface area contributed by atoms with Gasteiger partial charge in [-0.05, 0) is 54.5 Å². The van der Waals surface area contributed by atoms with Gasteiger partial charge in [-0.2, -0.15) is 5.26 Å². The van der Waals surface area contributed by atoms with Crippen molar-refractivity contribution in [2.45, 2.75) is 25.2 Å². The summed E-state index contributed by atoms with van der Waals surface area (Å²) in [7, 11) is 0. The zero-order valence-electron chi connectivity index (χ0n) is 11.2. The SMILES string of the molecule is N#Cc1ccc(Br)cc1NC(=O)C1CCCc2sccc21. The highest BCUT2D eigenvalue weighted by Crippen LogP contribution is 2.36. The smallest absolute Gasteiger partial charge is 0.231 e. The molecule has 1 aliphatic rings. The average molecular weight is 361 g/mol. The van der Waals surface area contributed by atoms with E-state index in [2.05, 4.69) is 38.8 Å². The number of nitriles is 1. The van der Waals surface area contributed by atoms with Crippen LogP contribution in [-0.4, -0.2) is 5.91 Å². The number of anilines is 1. The van der Waals surface area contributed by atoms with Crippen LogP contribution >= 0.6 is 27.3 Å². The van der Waals surface area contributed by atoms with Gasteiger partial charge in [0.05, 0.1) is 17.2 Å². The molecular formula is C16H13BrN2OS. The maximum atomic E-state index is 12.6. The third-order valence-corrected chi connectivity index (χ3v) is 5.22. The molecule has 0 radical (unpaired) electrons. The molecule has 1 aromatic heterocycles. The lowest BCUT2D eigenvalue weighted by molar-refractivity contribution is -0.117. The molecule has 5 heteroatoms. The molecule has 21 heavy (non-hydrogen) atoms. The number of hydrogen-bond donors (Lipinski definition) is 1. The molecule has 0 saturated carbocycles. The number of fused-ring (bicyclic) bond motifs is 1. The number of hydrogen-bond acceptors (Lipinski definition) is 3. The number of benzene rings is 1. The second-order valence-electron chi connectivity index (χ2n) is 5.03. The number of nitrogens with one attached hydrogen (secondary N) is 1. The fourth-order valence-electron chi connectivity index (χ4n) is 2.70. The van der Waals surface area contributed by atoms with Crippen LogP contribution in [0.4, 0.5) is 5.69 Å². The van der Waals surface area contributed by atoms with Crippen LogP contribution in [0.25, 0.3) is 0 Å². The lowest BCUT2D eigenvalue weighted by atomic mass is 9.87. The molecule has 1 amide bonds. The topological polar surface area (TPSA) is 52.9 Å². The summed E-state index contributed by atoms with van der Waals surface area (Å²) in [5.74, 6) is -0.130. The summed E-state index contributed by atoms with van der Waals surface area (Å²) in [6, 6.07) is 9.44. The van der Waals surface area contributed by atoms with Crippen LogP contribution in [0, 0.1) is 11.3 Å². The van der Waals surface area contributed by atoms with E-state index < -0.39 is 0 Å². The van der Waals surface area contributed by atoms with E-state index in [1.165, 1.54) is 4.88 Å². The fraction of sp³-hybridized carbons (Fsp3) is 0.250. The van der Waals surface area contributed by atoms with Gasteiger partial charge < -0.3 is 5.32 Å². The van der Waals surface area contributed by atoms with E-state index in [0.29, 0.717) is 11.3 Å². The molecular weight excluding hydrogens is 348 g/mol. The van der Waals surface area contributed by atoms with Gasteiger partial charge in [0.15, 0.2) is 0 Å². The lowest BCUT2D eigenvalue weighted by Crippen LogP contribution is -2.24. The van der Waals surface area contributed by atoms with Crippen molar-refractivity contribution in [1.82, 2.24) is 0 Å². The first-order chi connectivity index (χ1) is 10.2. The Kier molecular flexibility index (Phi) is 4.09. The van der Waals surface area contributed by atoms with Crippen molar-refractivity contribution in [2.75, 3.05) is 5.32 Å². The Morgan fingerprint density at radius 1 is 1.43 bits per heavy atom. The first-order valence-corrected chi connectivity index (χ1v) is 8.43. The first kappa shape index (κ1) is 14.3. The van der Waals surface area contributed by atoms with Crippen LogP contribution < -0.4 is 5.32 Å². The number of thiophene rings is 1. The molecule has 1 unspecified atom stereocenters. The molecule has 3 rings (SSSR count). The van der Waals surface area contributed by atoms with Gasteiger partial charge in [0.1, 0.15) is 6.07 Å². The van der Waals surface area contributed by atoms with Crippen molar-refractivity contribution in [3.63, 3.8) is 0 Å². The Bertz CT molecular complexity index is 732. The van der Waals surface area contributed by atoms with Gasteiger partial charge in [0.25, 0.3) is 0 Å². The summed E-state index contributed by atoms with van der Waals surface area (Å²) >= 11 is 5.10. The summed E-state index contributed by atoms with van der Waals surface area (Å²) in [5.41, 5.74) is 2.20. The second kappa shape index (κ2) is 6.00. The van der Waals surface area contributed by atoms with E-state index in [1.54, 1.807) is 29.5 Å². The number of carbonyl (C=O) groups is 1. The van der Waals surface area contributed by atoms with Crippen molar-refractivity contribution in [3.8, 4) is 6.07 Å². The number of nitrogens with zero attached hydrogens (tertiary/aromatic N) is 1. The van der Waals surface area contributed by atoms with Crippen molar-refractivity contribution in [3.05, 3.63) is 50.1 Å². The highest BCUT2D eigenvalue weighted by molar-refractivity contribution is 9.10. The third kappa shape index (κ3) is 2.87. The van der Waals surface area contributed by atoms with Gasteiger partial charge in [-0.15, -0.1) is 11.3 Å². The molecule has 0 fully saturated rings. The van der Waals surface area contributed by atoms with Crippen LogP contribution in [0.15, 0.2) is 34.1 Å². The lowest BCUT2D eigenvalue weighted by Gasteiger charge is -2.22. The summed E-state index contributed by atoms with van der Waals surface area (Å²) < 4.78 is 0.844. The van der Waals surface area contributed by atoms with E-state index in [-0.39, 0.29) is 11.8 Å². The predicted octanol–water partition coefficient (Wildman–Crippen LogP) is 4.44. The van der Waals surface area contributed by atoms with Gasteiger partial charge in [-0.1, -0.05) is 15.9 Å². The minimum atomic E-state index is -0.106. The van der Waals surface area contributed by atoms with Crippen molar-refractivity contribution in [2.24, 2.45) is 0 Å². The summed E-state index contributed by atoms with van der Waals surface area (Å²) in [6.07, 6.45) is 2.97. The number of halogens is 1. The molecule has 1 N–H and O–H groups in total. The number of carbonyl (C=O) groups excluding carboxylic acids is 1. The van der Waals surface area contributed by atoms with Crippen LogP contribution in [0.2, 0.25) is 0 Å². The normalized spacial score (nSPS) is 16.9. The molecule has 1 aliphatic carbocycles.